The van der Waals surface area contributed by atoms with Crippen LogP contribution in [0.2, 0.25) is 0 Å². The highest BCUT2D eigenvalue weighted by Crippen LogP contribution is 2.28. The highest BCUT2D eigenvalue weighted by atomic mass is 16.5. The molecule has 1 aromatic heterocycles. The summed E-state index contributed by atoms with van der Waals surface area (Å²) in [6, 6.07) is 19.5. The SMILES string of the molecule is COc1ccc(CCN(Cc2ccc(C)o2)C(=O)CN(CCN2CCOCC2)C(=O)CCc2ccccc2)cc1OC. The van der Waals surface area contributed by atoms with Crippen molar-refractivity contribution in [1.29, 1.82) is 0 Å². The number of methoxy groups -OCH3 is 2. The van der Waals surface area contributed by atoms with Gasteiger partial charge in [0.1, 0.15) is 11.5 Å². The molecular formula is C33H43N3O6. The van der Waals surface area contributed by atoms with Crippen molar-refractivity contribution < 1.29 is 28.2 Å². The summed E-state index contributed by atoms with van der Waals surface area (Å²) in [5.41, 5.74) is 2.12. The monoisotopic (exact) mass is 577 g/mol. The number of nitrogens with zero attached hydrogens (tertiary/aromatic N) is 3. The Hall–Kier alpha value is -3.82. The van der Waals surface area contributed by atoms with E-state index < -0.39 is 0 Å². The maximum atomic E-state index is 13.9. The number of carbonyl (C=O) groups excluding carboxylic acids is 2. The van der Waals surface area contributed by atoms with E-state index in [1.54, 1.807) is 24.0 Å². The first kappa shape index (κ1) is 31.1. The maximum Gasteiger partial charge on any atom is 0.242 e. The van der Waals surface area contributed by atoms with Gasteiger partial charge in [-0.25, -0.2) is 0 Å². The van der Waals surface area contributed by atoms with Crippen LogP contribution in [0.1, 0.15) is 29.1 Å². The smallest absolute Gasteiger partial charge is 0.242 e. The number of furan rings is 1. The van der Waals surface area contributed by atoms with Crippen molar-refractivity contribution in [2.45, 2.75) is 32.7 Å². The fourth-order valence-electron chi connectivity index (χ4n) is 5.05. The summed E-state index contributed by atoms with van der Waals surface area (Å²) in [4.78, 5) is 33.1. The van der Waals surface area contributed by atoms with Crippen LogP contribution < -0.4 is 9.47 Å². The normalized spacial score (nSPS) is 13.5. The van der Waals surface area contributed by atoms with Gasteiger partial charge >= 0.3 is 0 Å². The molecule has 9 heteroatoms. The lowest BCUT2D eigenvalue weighted by molar-refractivity contribution is -0.141. The van der Waals surface area contributed by atoms with Crippen molar-refractivity contribution in [3.8, 4) is 11.5 Å². The fraction of sp³-hybridized carbons (Fsp3) is 0.455. The number of morpholine rings is 1. The molecule has 0 bridgehead atoms. The molecule has 1 fully saturated rings. The number of hydrogen-bond donors (Lipinski definition) is 0. The van der Waals surface area contributed by atoms with Gasteiger partial charge < -0.3 is 28.4 Å². The molecule has 42 heavy (non-hydrogen) atoms. The number of amides is 2. The molecule has 9 nitrogen and oxygen atoms in total. The van der Waals surface area contributed by atoms with Crippen LogP contribution in [0, 0.1) is 6.92 Å². The van der Waals surface area contributed by atoms with E-state index in [2.05, 4.69) is 4.90 Å². The molecule has 1 aliphatic rings. The van der Waals surface area contributed by atoms with Gasteiger partial charge in [0.2, 0.25) is 11.8 Å². The summed E-state index contributed by atoms with van der Waals surface area (Å²) in [7, 11) is 3.21. The first-order valence-corrected chi connectivity index (χ1v) is 14.6. The number of ether oxygens (including phenoxy) is 3. The molecule has 3 aromatic rings. The molecule has 2 aromatic carbocycles. The number of benzene rings is 2. The van der Waals surface area contributed by atoms with Gasteiger partial charge in [0.25, 0.3) is 0 Å². The minimum Gasteiger partial charge on any atom is -0.493 e. The van der Waals surface area contributed by atoms with Crippen LogP contribution in [0.4, 0.5) is 0 Å². The van der Waals surface area contributed by atoms with Gasteiger partial charge in [-0.1, -0.05) is 36.4 Å². The van der Waals surface area contributed by atoms with Crippen LogP contribution in [0.5, 0.6) is 11.5 Å². The Labute approximate surface area is 248 Å². The zero-order chi connectivity index (χ0) is 29.7. The molecule has 226 valence electrons. The second kappa shape index (κ2) is 16.0. The molecule has 4 rings (SSSR count). The van der Waals surface area contributed by atoms with E-state index in [9.17, 15) is 9.59 Å². The van der Waals surface area contributed by atoms with Crippen molar-refractivity contribution in [2.75, 3.05) is 66.7 Å². The van der Waals surface area contributed by atoms with E-state index in [0.717, 1.165) is 30.0 Å². The predicted molar refractivity (Wildman–Crippen MR) is 161 cm³/mol. The van der Waals surface area contributed by atoms with Gasteiger partial charge in [-0.2, -0.15) is 0 Å². The lowest BCUT2D eigenvalue weighted by atomic mass is 10.1. The maximum absolute atomic E-state index is 13.9. The zero-order valence-corrected chi connectivity index (χ0v) is 25.0. The molecule has 0 atom stereocenters. The molecule has 2 heterocycles. The van der Waals surface area contributed by atoms with Gasteiger partial charge in [-0.3, -0.25) is 14.5 Å². The summed E-state index contributed by atoms with van der Waals surface area (Å²) >= 11 is 0. The van der Waals surface area contributed by atoms with Crippen molar-refractivity contribution in [2.24, 2.45) is 0 Å². The number of hydrogen-bond acceptors (Lipinski definition) is 7. The summed E-state index contributed by atoms with van der Waals surface area (Å²) in [6.45, 7) is 6.92. The third-order valence-electron chi connectivity index (χ3n) is 7.55. The van der Waals surface area contributed by atoms with Crippen LogP contribution in [0.15, 0.2) is 65.1 Å². The fourth-order valence-corrected chi connectivity index (χ4v) is 5.05. The highest BCUT2D eigenvalue weighted by molar-refractivity contribution is 5.85. The molecule has 0 radical (unpaired) electrons. The van der Waals surface area contributed by atoms with E-state index in [-0.39, 0.29) is 18.4 Å². The molecule has 1 aliphatic heterocycles. The van der Waals surface area contributed by atoms with Crippen LogP contribution in [0.25, 0.3) is 0 Å². The van der Waals surface area contributed by atoms with Crippen LogP contribution >= 0.6 is 0 Å². The Morgan fingerprint density at radius 1 is 0.833 bits per heavy atom. The molecule has 2 amide bonds. The van der Waals surface area contributed by atoms with E-state index in [1.807, 2.05) is 67.6 Å². The summed E-state index contributed by atoms with van der Waals surface area (Å²) < 4.78 is 22.1. The van der Waals surface area contributed by atoms with Crippen molar-refractivity contribution in [1.82, 2.24) is 14.7 Å². The Kier molecular flexibility index (Phi) is 11.8. The lowest BCUT2D eigenvalue weighted by Gasteiger charge is -2.31. The predicted octanol–water partition coefficient (Wildman–Crippen LogP) is 3.97. The van der Waals surface area contributed by atoms with Gasteiger partial charge in [0.05, 0.1) is 40.5 Å². The minimum absolute atomic E-state index is 0.0174. The Bertz CT molecular complexity index is 1270. The summed E-state index contributed by atoms with van der Waals surface area (Å²) in [5, 5.41) is 0. The minimum atomic E-state index is -0.112. The second-order valence-electron chi connectivity index (χ2n) is 10.5. The molecule has 0 unspecified atom stereocenters. The molecule has 0 saturated carbocycles. The van der Waals surface area contributed by atoms with Crippen LogP contribution in [-0.4, -0.2) is 93.2 Å². The average Bonchev–Trinajstić information content (AvgIpc) is 3.44. The van der Waals surface area contributed by atoms with Gasteiger partial charge in [0, 0.05) is 39.1 Å². The quantitative estimate of drug-likeness (QED) is 0.270. The van der Waals surface area contributed by atoms with Crippen molar-refractivity contribution in [3.63, 3.8) is 0 Å². The summed E-state index contributed by atoms with van der Waals surface area (Å²) in [5.74, 6) is 2.68. The summed E-state index contributed by atoms with van der Waals surface area (Å²) in [6.07, 6.45) is 1.60. The van der Waals surface area contributed by atoms with Gasteiger partial charge in [-0.15, -0.1) is 0 Å². The first-order chi connectivity index (χ1) is 20.4. The Morgan fingerprint density at radius 2 is 1.60 bits per heavy atom. The van der Waals surface area contributed by atoms with Crippen LogP contribution in [-0.2, 0) is 33.7 Å². The number of carbonyl (C=O) groups is 2. The number of rotatable bonds is 15. The standard InChI is InChI=1S/C33H43N3O6/c1-26-9-12-29(42-26)24-35(16-15-28-10-13-30(39-2)31(23-28)40-3)33(38)25-36(18-17-34-19-21-41-22-20-34)32(37)14-11-27-7-5-4-6-8-27/h4-10,12-13,23H,11,14-22,24-25H2,1-3H3. The molecule has 1 saturated heterocycles. The third kappa shape index (κ3) is 9.36. The molecular weight excluding hydrogens is 534 g/mol. The highest BCUT2D eigenvalue weighted by Gasteiger charge is 2.23. The van der Waals surface area contributed by atoms with Gasteiger partial charge in [-0.05, 0) is 55.2 Å². The molecule has 0 spiro atoms. The molecule has 0 N–H and O–H groups in total. The van der Waals surface area contributed by atoms with Crippen LogP contribution in [0.3, 0.4) is 0 Å². The van der Waals surface area contributed by atoms with E-state index in [1.165, 1.54) is 0 Å². The van der Waals surface area contributed by atoms with E-state index in [0.29, 0.717) is 75.9 Å². The average molecular weight is 578 g/mol. The number of aryl methyl sites for hydroxylation is 2. The Balaban J connectivity index is 1.46. The Morgan fingerprint density at radius 3 is 2.29 bits per heavy atom. The lowest BCUT2D eigenvalue weighted by Crippen LogP contribution is -2.47. The first-order valence-electron chi connectivity index (χ1n) is 14.6. The second-order valence-corrected chi connectivity index (χ2v) is 10.5. The third-order valence-corrected chi connectivity index (χ3v) is 7.55. The topological polar surface area (TPSA) is 84.7 Å². The zero-order valence-electron chi connectivity index (χ0n) is 25.0. The van der Waals surface area contributed by atoms with Gasteiger partial charge in [0.15, 0.2) is 11.5 Å². The van der Waals surface area contributed by atoms with E-state index in [4.69, 9.17) is 18.6 Å². The van der Waals surface area contributed by atoms with Crippen molar-refractivity contribution >= 4 is 11.8 Å². The largest absolute Gasteiger partial charge is 0.493 e. The van der Waals surface area contributed by atoms with Crippen molar-refractivity contribution in [3.05, 3.63) is 83.3 Å². The molecule has 0 aliphatic carbocycles. The van der Waals surface area contributed by atoms with E-state index >= 15 is 0 Å².